The van der Waals surface area contributed by atoms with E-state index in [1.807, 2.05) is 36.4 Å². The first-order valence-electron chi connectivity index (χ1n) is 10.2. The van der Waals surface area contributed by atoms with Gasteiger partial charge in [0.2, 0.25) is 0 Å². The smallest absolute Gasteiger partial charge is 0.125 e. The SMILES string of the molecule is C1CCNCC1.CC1(C=O)CC2CCCC(C)(C2)C1.c1ccccc1. The first-order chi connectivity index (χ1) is 12.1. The minimum Gasteiger partial charge on any atom is -0.317 e. The van der Waals surface area contributed by atoms with Crippen molar-refractivity contribution < 1.29 is 4.79 Å². The summed E-state index contributed by atoms with van der Waals surface area (Å²) in [4.78, 5) is 11.1. The highest BCUT2D eigenvalue weighted by atomic mass is 16.1. The van der Waals surface area contributed by atoms with Crippen molar-refractivity contribution >= 4 is 6.29 Å². The number of carbonyl (C=O) groups is 1. The highest BCUT2D eigenvalue weighted by molar-refractivity contribution is 5.59. The number of rotatable bonds is 1. The van der Waals surface area contributed by atoms with Gasteiger partial charge in [0, 0.05) is 5.41 Å². The van der Waals surface area contributed by atoms with Crippen molar-refractivity contribution in [3.63, 3.8) is 0 Å². The Kier molecular flexibility index (Phi) is 8.15. The van der Waals surface area contributed by atoms with Gasteiger partial charge in [0.25, 0.3) is 0 Å². The molecule has 1 aromatic carbocycles. The van der Waals surface area contributed by atoms with Gasteiger partial charge < -0.3 is 10.1 Å². The van der Waals surface area contributed by atoms with Gasteiger partial charge in [-0.15, -0.1) is 0 Å². The monoisotopic (exact) mass is 343 g/mol. The Morgan fingerprint density at radius 1 is 0.880 bits per heavy atom. The fraction of sp³-hybridized carbons (Fsp3) is 0.696. The molecule has 3 fully saturated rings. The Labute approximate surface area is 154 Å². The number of carbonyl (C=O) groups excluding carboxylic acids is 1. The zero-order valence-corrected chi connectivity index (χ0v) is 16.3. The predicted octanol–water partition coefficient (Wildman–Crippen LogP) is 5.63. The van der Waals surface area contributed by atoms with Gasteiger partial charge >= 0.3 is 0 Å². The van der Waals surface area contributed by atoms with E-state index in [2.05, 4.69) is 19.2 Å². The van der Waals surface area contributed by atoms with Gasteiger partial charge in [0.15, 0.2) is 0 Å². The maximum Gasteiger partial charge on any atom is 0.125 e. The maximum absolute atomic E-state index is 11.1. The third-order valence-corrected chi connectivity index (χ3v) is 5.92. The molecule has 1 aromatic rings. The van der Waals surface area contributed by atoms with Gasteiger partial charge in [-0.2, -0.15) is 0 Å². The summed E-state index contributed by atoms with van der Waals surface area (Å²) < 4.78 is 0. The minimum atomic E-state index is -0.00190. The summed E-state index contributed by atoms with van der Waals surface area (Å²) in [6, 6.07) is 12.0. The molecular formula is C23H37NO. The second-order valence-electron chi connectivity index (χ2n) is 8.89. The number of fused-ring (bicyclic) bond motifs is 2. The molecule has 2 bridgehead atoms. The van der Waals surface area contributed by atoms with Crippen molar-refractivity contribution in [1.29, 1.82) is 0 Å². The summed E-state index contributed by atoms with van der Waals surface area (Å²) in [5, 5.41) is 3.28. The van der Waals surface area contributed by atoms with Gasteiger partial charge in [0.05, 0.1) is 0 Å². The molecule has 25 heavy (non-hydrogen) atoms. The molecular weight excluding hydrogens is 306 g/mol. The molecule has 3 aliphatic rings. The summed E-state index contributed by atoms with van der Waals surface area (Å²) in [7, 11) is 0. The largest absolute Gasteiger partial charge is 0.317 e. The molecule has 2 nitrogen and oxygen atoms in total. The molecule has 1 saturated heterocycles. The van der Waals surface area contributed by atoms with Crippen molar-refractivity contribution in [1.82, 2.24) is 5.32 Å². The summed E-state index contributed by atoms with van der Waals surface area (Å²) in [5.41, 5.74) is 0.481. The van der Waals surface area contributed by atoms with Gasteiger partial charge in [-0.05, 0) is 62.9 Å². The molecule has 2 heteroatoms. The average Bonchev–Trinajstić information content (AvgIpc) is 2.64. The summed E-state index contributed by atoms with van der Waals surface area (Å²) in [6.07, 6.45) is 13.2. The van der Waals surface area contributed by atoms with Crippen LogP contribution in [0.5, 0.6) is 0 Å². The number of aldehydes is 1. The lowest BCUT2D eigenvalue weighted by molar-refractivity contribution is -0.122. The van der Waals surface area contributed by atoms with Crippen LogP contribution in [0.2, 0.25) is 0 Å². The second kappa shape index (κ2) is 10.1. The number of benzene rings is 1. The molecule has 1 N–H and O–H groups in total. The summed E-state index contributed by atoms with van der Waals surface area (Å²) in [6.45, 7) is 7.02. The van der Waals surface area contributed by atoms with E-state index in [4.69, 9.17) is 0 Å². The molecule has 0 amide bonds. The summed E-state index contributed by atoms with van der Waals surface area (Å²) in [5.74, 6) is 0.836. The van der Waals surface area contributed by atoms with Gasteiger partial charge in [0.1, 0.15) is 6.29 Å². The van der Waals surface area contributed by atoms with Crippen LogP contribution in [0.15, 0.2) is 36.4 Å². The van der Waals surface area contributed by atoms with Crippen molar-refractivity contribution in [3.8, 4) is 0 Å². The van der Waals surface area contributed by atoms with E-state index in [9.17, 15) is 4.79 Å². The fourth-order valence-corrected chi connectivity index (χ4v) is 5.04. The lowest BCUT2D eigenvalue weighted by Gasteiger charge is -2.49. The van der Waals surface area contributed by atoms with Crippen LogP contribution in [-0.4, -0.2) is 19.4 Å². The van der Waals surface area contributed by atoms with Crippen LogP contribution >= 0.6 is 0 Å². The van der Waals surface area contributed by atoms with Gasteiger partial charge in [-0.1, -0.05) is 69.5 Å². The van der Waals surface area contributed by atoms with Gasteiger partial charge in [-0.3, -0.25) is 0 Å². The molecule has 3 atom stereocenters. The molecule has 140 valence electrons. The van der Waals surface area contributed by atoms with Crippen molar-refractivity contribution in [3.05, 3.63) is 36.4 Å². The maximum atomic E-state index is 11.1. The van der Waals surface area contributed by atoms with Crippen molar-refractivity contribution in [2.75, 3.05) is 13.1 Å². The van der Waals surface area contributed by atoms with E-state index in [0.29, 0.717) is 5.41 Å². The molecule has 2 saturated carbocycles. The number of nitrogens with one attached hydrogen (secondary N) is 1. The first kappa shape index (κ1) is 20.2. The Hall–Kier alpha value is -1.15. The highest BCUT2D eigenvalue weighted by Crippen LogP contribution is 2.54. The molecule has 1 heterocycles. The lowest BCUT2D eigenvalue weighted by Crippen LogP contribution is -2.40. The quantitative estimate of drug-likeness (QED) is 0.670. The molecule has 0 spiro atoms. The third kappa shape index (κ3) is 7.32. The van der Waals surface area contributed by atoms with Crippen LogP contribution in [0.4, 0.5) is 0 Å². The van der Waals surface area contributed by atoms with Crippen molar-refractivity contribution in [2.45, 2.75) is 71.6 Å². The number of piperidine rings is 1. The first-order valence-corrected chi connectivity index (χ1v) is 10.2. The van der Waals surface area contributed by atoms with Gasteiger partial charge in [-0.25, -0.2) is 0 Å². The van der Waals surface area contributed by atoms with E-state index in [1.54, 1.807) is 0 Å². The highest BCUT2D eigenvalue weighted by Gasteiger charge is 2.45. The fourth-order valence-electron chi connectivity index (χ4n) is 5.04. The third-order valence-electron chi connectivity index (χ3n) is 5.92. The molecule has 1 aliphatic heterocycles. The number of hydrogen-bond donors (Lipinski definition) is 1. The topological polar surface area (TPSA) is 29.1 Å². The van der Waals surface area contributed by atoms with Crippen LogP contribution in [-0.2, 0) is 4.79 Å². The van der Waals surface area contributed by atoms with Crippen LogP contribution in [0.1, 0.15) is 71.6 Å². The average molecular weight is 344 g/mol. The van der Waals surface area contributed by atoms with Crippen LogP contribution in [0.3, 0.4) is 0 Å². The molecule has 0 aromatic heterocycles. The zero-order chi connectivity index (χ0) is 18.0. The molecule has 0 radical (unpaired) electrons. The Balaban J connectivity index is 0.000000156. The molecule has 2 aliphatic carbocycles. The zero-order valence-electron chi connectivity index (χ0n) is 16.3. The van der Waals surface area contributed by atoms with Crippen LogP contribution < -0.4 is 5.32 Å². The Morgan fingerprint density at radius 2 is 1.48 bits per heavy atom. The minimum absolute atomic E-state index is 0.00190. The molecule has 3 unspecified atom stereocenters. The van der Waals surface area contributed by atoms with Crippen LogP contribution in [0, 0.1) is 16.7 Å². The molecule has 4 rings (SSSR count). The van der Waals surface area contributed by atoms with E-state index in [-0.39, 0.29) is 5.41 Å². The summed E-state index contributed by atoms with van der Waals surface area (Å²) >= 11 is 0. The lowest BCUT2D eigenvalue weighted by atomic mass is 9.55. The predicted molar refractivity (Wildman–Crippen MR) is 107 cm³/mol. The van der Waals surface area contributed by atoms with E-state index in [0.717, 1.165) is 18.8 Å². The van der Waals surface area contributed by atoms with Crippen molar-refractivity contribution in [2.24, 2.45) is 16.7 Å². The standard InChI is InChI=1S/C12H20O.C6H6.C5H11N/c1-11-5-3-4-10(6-11)7-12(2,8-11)9-13;2*1-2-4-6-5-3-1/h9-10H,3-8H2,1-2H3;1-6H;6H,1-5H2. The second-order valence-corrected chi connectivity index (χ2v) is 8.89. The van der Waals surface area contributed by atoms with E-state index in [1.165, 1.54) is 64.3 Å². The number of hydrogen-bond acceptors (Lipinski definition) is 2. The van der Waals surface area contributed by atoms with E-state index < -0.39 is 0 Å². The van der Waals surface area contributed by atoms with Crippen LogP contribution in [0.25, 0.3) is 0 Å². The Bertz CT molecular complexity index is 446. The normalized spacial score (nSPS) is 33.8. The van der Waals surface area contributed by atoms with E-state index >= 15 is 0 Å². The Morgan fingerprint density at radius 3 is 1.88 bits per heavy atom.